The minimum absolute atomic E-state index is 0.113. The minimum atomic E-state index is -0.964. The van der Waals surface area contributed by atoms with Crippen LogP contribution in [0.3, 0.4) is 0 Å². The van der Waals surface area contributed by atoms with Gasteiger partial charge in [0.05, 0.1) is 22.8 Å². The highest BCUT2D eigenvalue weighted by molar-refractivity contribution is 5.87. The number of benzene rings is 2. The molecule has 0 heterocycles. The maximum absolute atomic E-state index is 10.2. The molecule has 0 bridgehead atoms. The summed E-state index contributed by atoms with van der Waals surface area (Å²) in [6, 6.07) is 16.6. The predicted molar refractivity (Wildman–Crippen MR) is 113 cm³/mol. The monoisotopic (exact) mass is 404 g/mol. The Morgan fingerprint density at radius 2 is 1.07 bits per heavy atom. The first kappa shape index (κ1) is 26.3. The van der Waals surface area contributed by atoms with Crippen LogP contribution >= 0.6 is 0 Å². The maximum atomic E-state index is 10.2. The van der Waals surface area contributed by atoms with Gasteiger partial charge in [0, 0.05) is 0 Å². The molecular weight excluding hydrogens is 372 g/mol. The van der Waals surface area contributed by atoms with Gasteiger partial charge in [-0.2, -0.15) is 0 Å². The van der Waals surface area contributed by atoms with E-state index in [-0.39, 0.29) is 5.92 Å². The zero-order chi connectivity index (χ0) is 22.6. The van der Waals surface area contributed by atoms with E-state index in [1.54, 1.807) is 74.5 Å². The van der Waals surface area contributed by atoms with Gasteiger partial charge in [-0.05, 0) is 49.9 Å². The van der Waals surface area contributed by atoms with Crippen LogP contribution in [0.25, 0.3) is 0 Å². The second kappa shape index (κ2) is 12.7. The van der Waals surface area contributed by atoms with E-state index in [1.807, 2.05) is 20.8 Å². The Morgan fingerprint density at radius 1 is 0.759 bits per heavy atom. The standard InChI is InChI=1S/C9H20O2.2C7H6O2/c1-6(2)7(3)9(5,11)8(4)10;2*8-7(9)6-4-2-1-3-5-6/h6-8,10-11H,1-5H3;2*1-5H,(H,8,9). The van der Waals surface area contributed by atoms with E-state index in [0.717, 1.165) is 0 Å². The first-order valence-corrected chi connectivity index (χ1v) is 9.38. The van der Waals surface area contributed by atoms with E-state index in [9.17, 15) is 19.8 Å². The van der Waals surface area contributed by atoms with Crippen molar-refractivity contribution in [1.82, 2.24) is 0 Å². The number of aromatic carboxylic acids is 2. The second-order valence-corrected chi connectivity index (χ2v) is 7.28. The lowest BCUT2D eigenvalue weighted by atomic mass is 9.79. The van der Waals surface area contributed by atoms with Crippen molar-refractivity contribution in [3.05, 3.63) is 71.8 Å². The number of aliphatic hydroxyl groups is 2. The van der Waals surface area contributed by atoms with Gasteiger partial charge >= 0.3 is 11.9 Å². The Labute approximate surface area is 172 Å². The molecule has 0 fully saturated rings. The number of hydrogen-bond donors (Lipinski definition) is 4. The Morgan fingerprint density at radius 3 is 1.21 bits per heavy atom. The van der Waals surface area contributed by atoms with Gasteiger partial charge in [-0.3, -0.25) is 0 Å². The van der Waals surface area contributed by atoms with Crippen molar-refractivity contribution in [3.63, 3.8) is 0 Å². The van der Waals surface area contributed by atoms with E-state index in [2.05, 4.69) is 0 Å². The van der Waals surface area contributed by atoms with Crippen LogP contribution in [-0.4, -0.2) is 44.1 Å². The van der Waals surface area contributed by atoms with Crippen molar-refractivity contribution in [2.75, 3.05) is 0 Å². The zero-order valence-electron chi connectivity index (χ0n) is 17.6. The average Bonchev–Trinajstić information content (AvgIpc) is 2.69. The molecule has 0 aliphatic rings. The van der Waals surface area contributed by atoms with Crippen molar-refractivity contribution in [2.45, 2.75) is 46.3 Å². The Balaban J connectivity index is 0.000000408. The minimum Gasteiger partial charge on any atom is -0.478 e. The molecular formula is C23H32O6. The first-order chi connectivity index (χ1) is 13.4. The maximum Gasteiger partial charge on any atom is 0.335 e. The van der Waals surface area contributed by atoms with Crippen molar-refractivity contribution < 1.29 is 30.0 Å². The number of aliphatic hydroxyl groups excluding tert-OH is 1. The zero-order valence-corrected chi connectivity index (χ0v) is 17.6. The second-order valence-electron chi connectivity index (χ2n) is 7.28. The molecule has 0 aromatic heterocycles. The van der Waals surface area contributed by atoms with E-state index >= 15 is 0 Å². The van der Waals surface area contributed by atoms with Crippen molar-refractivity contribution in [3.8, 4) is 0 Å². The Kier molecular flexibility index (Phi) is 11.5. The molecule has 2 rings (SSSR count). The fourth-order valence-electron chi connectivity index (χ4n) is 2.22. The highest BCUT2D eigenvalue weighted by Gasteiger charge is 2.34. The molecule has 0 saturated carbocycles. The predicted octanol–water partition coefficient (Wildman–Crippen LogP) is 4.18. The van der Waals surface area contributed by atoms with Gasteiger partial charge in [0.15, 0.2) is 0 Å². The number of hydrogen-bond acceptors (Lipinski definition) is 4. The molecule has 3 unspecified atom stereocenters. The first-order valence-electron chi connectivity index (χ1n) is 9.38. The summed E-state index contributed by atoms with van der Waals surface area (Å²) in [5.74, 6) is -1.26. The van der Waals surface area contributed by atoms with Gasteiger partial charge in [-0.1, -0.05) is 57.2 Å². The molecule has 0 radical (unpaired) electrons. The van der Waals surface area contributed by atoms with Crippen LogP contribution in [0.2, 0.25) is 0 Å². The number of carbonyl (C=O) groups is 2. The molecule has 6 heteroatoms. The van der Waals surface area contributed by atoms with Gasteiger partial charge in [-0.15, -0.1) is 0 Å². The molecule has 3 atom stereocenters. The van der Waals surface area contributed by atoms with E-state index in [1.165, 1.54) is 0 Å². The molecule has 0 amide bonds. The summed E-state index contributed by atoms with van der Waals surface area (Å²) in [7, 11) is 0. The summed E-state index contributed by atoms with van der Waals surface area (Å²) in [4.78, 5) is 20.4. The summed E-state index contributed by atoms with van der Waals surface area (Å²) < 4.78 is 0. The lowest BCUT2D eigenvalue weighted by Crippen LogP contribution is -2.45. The molecule has 0 spiro atoms. The normalized spacial score (nSPS) is 14.2. The van der Waals surface area contributed by atoms with Crippen molar-refractivity contribution >= 4 is 11.9 Å². The number of carboxylic acid groups (broad SMARTS) is 2. The molecule has 6 nitrogen and oxygen atoms in total. The molecule has 2 aromatic rings. The lowest BCUT2D eigenvalue weighted by Gasteiger charge is -2.35. The fraction of sp³-hybridized carbons (Fsp3) is 0.391. The van der Waals surface area contributed by atoms with Crippen LogP contribution < -0.4 is 0 Å². The Bertz CT molecular complexity index is 674. The summed E-state index contributed by atoms with van der Waals surface area (Å²) in [5, 5.41) is 35.8. The van der Waals surface area contributed by atoms with Crippen LogP contribution in [0.5, 0.6) is 0 Å². The van der Waals surface area contributed by atoms with Crippen LogP contribution in [0.1, 0.15) is 55.3 Å². The molecule has 29 heavy (non-hydrogen) atoms. The summed E-state index contributed by atoms with van der Waals surface area (Å²) in [6.45, 7) is 9.35. The number of rotatable bonds is 5. The van der Waals surface area contributed by atoms with Crippen molar-refractivity contribution in [2.24, 2.45) is 11.8 Å². The summed E-state index contributed by atoms with van der Waals surface area (Å²) in [5.41, 5.74) is -0.302. The van der Waals surface area contributed by atoms with E-state index in [4.69, 9.17) is 10.2 Å². The SMILES string of the molecule is CC(C)C(C)C(C)(O)C(C)O.O=C(O)c1ccccc1.O=C(O)c1ccccc1. The third-order valence-electron chi connectivity index (χ3n) is 4.81. The average molecular weight is 405 g/mol. The number of carboxylic acids is 2. The van der Waals surface area contributed by atoms with E-state index in [0.29, 0.717) is 17.0 Å². The van der Waals surface area contributed by atoms with Gasteiger partial charge in [0.1, 0.15) is 0 Å². The third kappa shape index (κ3) is 9.87. The molecule has 160 valence electrons. The largest absolute Gasteiger partial charge is 0.478 e. The quantitative estimate of drug-likeness (QED) is 0.594. The summed E-state index contributed by atoms with van der Waals surface area (Å²) >= 11 is 0. The molecule has 0 aliphatic heterocycles. The van der Waals surface area contributed by atoms with Crippen LogP contribution in [0, 0.1) is 11.8 Å². The highest BCUT2D eigenvalue weighted by Crippen LogP contribution is 2.27. The van der Waals surface area contributed by atoms with Crippen LogP contribution in [-0.2, 0) is 0 Å². The smallest absolute Gasteiger partial charge is 0.335 e. The van der Waals surface area contributed by atoms with Gasteiger partial charge in [0.25, 0.3) is 0 Å². The highest BCUT2D eigenvalue weighted by atomic mass is 16.4. The van der Waals surface area contributed by atoms with Crippen molar-refractivity contribution in [1.29, 1.82) is 0 Å². The molecule has 2 aromatic carbocycles. The lowest BCUT2D eigenvalue weighted by molar-refractivity contribution is -0.0992. The summed E-state index contributed by atoms with van der Waals surface area (Å²) in [6.07, 6.45) is -0.667. The van der Waals surface area contributed by atoms with Gasteiger partial charge < -0.3 is 20.4 Å². The molecule has 4 N–H and O–H groups in total. The topological polar surface area (TPSA) is 115 Å². The van der Waals surface area contributed by atoms with E-state index < -0.39 is 23.6 Å². The fourth-order valence-corrected chi connectivity index (χ4v) is 2.22. The van der Waals surface area contributed by atoms with Crippen LogP contribution in [0.4, 0.5) is 0 Å². The van der Waals surface area contributed by atoms with Gasteiger partial charge in [0.2, 0.25) is 0 Å². The van der Waals surface area contributed by atoms with Gasteiger partial charge in [-0.25, -0.2) is 9.59 Å². The third-order valence-corrected chi connectivity index (χ3v) is 4.81. The Hall–Kier alpha value is -2.70. The molecule has 0 aliphatic carbocycles. The van der Waals surface area contributed by atoms with Crippen LogP contribution in [0.15, 0.2) is 60.7 Å². The molecule has 0 saturated heterocycles.